The van der Waals surface area contributed by atoms with Gasteiger partial charge in [0.25, 0.3) is 0 Å². The first kappa shape index (κ1) is 23.2. The van der Waals surface area contributed by atoms with Crippen LogP contribution in [0.2, 0.25) is 0 Å². The summed E-state index contributed by atoms with van der Waals surface area (Å²) in [5.41, 5.74) is 3.58. The predicted octanol–water partition coefficient (Wildman–Crippen LogP) is 5.22. The first-order valence-electron chi connectivity index (χ1n) is 12.0. The van der Waals surface area contributed by atoms with Gasteiger partial charge < -0.3 is 14.7 Å². The van der Waals surface area contributed by atoms with E-state index in [1.807, 2.05) is 30.5 Å². The number of pyridine rings is 1. The number of carbonyl (C=O) groups is 1. The molecule has 3 aromatic rings. The lowest BCUT2D eigenvalue weighted by Crippen LogP contribution is -2.44. The van der Waals surface area contributed by atoms with Crippen molar-refractivity contribution >= 4 is 16.9 Å². The fourth-order valence-electron chi connectivity index (χ4n) is 5.13. The summed E-state index contributed by atoms with van der Waals surface area (Å²) >= 11 is 0. The van der Waals surface area contributed by atoms with Gasteiger partial charge in [-0.3, -0.25) is 9.78 Å². The highest BCUT2D eigenvalue weighted by atomic mass is 16.5. The summed E-state index contributed by atoms with van der Waals surface area (Å²) in [7, 11) is 1.68. The number of carboxylic acid groups (broad SMARTS) is 1. The van der Waals surface area contributed by atoms with E-state index in [-0.39, 0.29) is 11.8 Å². The van der Waals surface area contributed by atoms with Crippen LogP contribution in [-0.2, 0) is 17.6 Å². The Labute approximate surface area is 196 Å². The zero-order valence-electron chi connectivity index (χ0n) is 19.5. The molecule has 1 aliphatic heterocycles. The number of benzene rings is 2. The molecule has 1 fully saturated rings. The van der Waals surface area contributed by atoms with Crippen molar-refractivity contribution in [3.63, 3.8) is 0 Å². The largest absolute Gasteiger partial charge is 0.497 e. The Balaban J connectivity index is 1.29. The Hall–Kier alpha value is -2.92. The highest BCUT2D eigenvalue weighted by Crippen LogP contribution is 2.30. The molecule has 5 heteroatoms. The van der Waals surface area contributed by atoms with Crippen molar-refractivity contribution < 1.29 is 14.6 Å². The summed E-state index contributed by atoms with van der Waals surface area (Å²) < 4.78 is 5.38. The average molecular weight is 447 g/mol. The number of methoxy groups -OCH3 is 1. The van der Waals surface area contributed by atoms with E-state index in [9.17, 15) is 9.90 Å². The van der Waals surface area contributed by atoms with E-state index in [0.29, 0.717) is 6.54 Å². The van der Waals surface area contributed by atoms with Crippen LogP contribution in [0.4, 0.5) is 0 Å². The highest BCUT2D eigenvalue weighted by Gasteiger charge is 2.33. The second-order valence-electron chi connectivity index (χ2n) is 9.13. The first-order valence-corrected chi connectivity index (χ1v) is 12.0. The van der Waals surface area contributed by atoms with Crippen molar-refractivity contribution in [2.45, 2.75) is 38.5 Å². The molecule has 4 rings (SSSR count). The monoisotopic (exact) mass is 446 g/mol. The van der Waals surface area contributed by atoms with Gasteiger partial charge in [-0.05, 0) is 92.9 Å². The maximum absolute atomic E-state index is 12.0. The SMILES string of the molecule is COc1ccc2nccc(CCC[C@@H]3CCN(CCCc4ccccc4)C[C@@H]3C(=O)O)c2c1. The molecule has 5 nitrogen and oxygen atoms in total. The van der Waals surface area contributed by atoms with Gasteiger partial charge in [-0.1, -0.05) is 30.3 Å². The zero-order chi connectivity index (χ0) is 23.0. The summed E-state index contributed by atoms with van der Waals surface area (Å²) in [5.74, 6) is 0.162. The first-order chi connectivity index (χ1) is 16.1. The molecule has 1 aliphatic rings. The van der Waals surface area contributed by atoms with Crippen LogP contribution in [0, 0.1) is 11.8 Å². The maximum Gasteiger partial charge on any atom is 0.308 e. The molecular weight excluding hydrogens is 412 g/mol. The molecule has 2 atom stereocenters. The van der Waals surface area contributed by atoms with Crippen LogP contribution < -0.4 is 4.74 Å². The second-order valence-corrected chi connectivity index (χ2v) is 9.13. The molecule has 174 valence electrons. The number of nitrogens with zero attached hydrogens (tertiary/aromatic N) is 2. The van der Waals surface area contributed by atoms with Crippen molar-refractivity contribution in [3.05, 3.63) is 71.9 Å². The number of aliphatic carboxylic acids is 1. The molecule has 0 aliphatic carbocycles. The van der Waals surface area contributed by atoms with E-state index in [0.717, 1.165) is 68.3 Å². The van der Waals surface area contributed by atoms with Gasteiger partial charge in [-0.15, -0.1) is 0 Å². The Morgan fingerprint density at radius 2 is 1.97 bits per heavy atom. The summed E-state index contributed by atoms with van der Waals surface area (Å²) in [6.45, 7) is 2.64. The van der Waals surface area contributed by atoms with Crippen LogP contribution in [-0.4, -0.2) is 47.7 Å². The molecule has 0 saturated carbocycles. The molecule has 0 unspecified atom stereocenters. The lowest BCUT2D eigenvalue weighted by atomic mass is 9.81. The van der Waals surface area contributed by atoms with Gasteiger partial charge in [0, 0.05) is 18.1 Å². The number of hydrogen-bond acceptors (Lipinski definition) is 4. The molecular formula is C28H34N2O3. The highest BCUT2D eigenvalue weighted by molar-refractivity contribution is 5.83. The quantitative estimate of drug-likeness (QED) is 0.463. The van der Waals surface area contributed by atoms with E-state index in [2.05, 4.69) is 40.2 Å². The molecule has 2 heterocycles. The molecule has 0 spiro atoms. The Kier molecular flexibility index (Phi) is 7.95. The van der Waals surface area contributed by atoms with Crippen molar-refractivity contribution in [2.24, 2.45) is 11.8 Å². The third kappa shape index (κ3) is 6.11. The minimum atomic E-state index is -0.646. The lowest BCUT2D eigenvalue weighted by Gasteiger charge is -2.36. The molecule has 0 radical (unpaired) electrons. The standard InChI is InChI=1S/C28H34N2O3/c1-33-24-12-13-27-25(19-24)22(14-16-29-27)10-5-11-23-15-18-30(20-26(23)28(31)32)17-6-9-21-7-3-2-4-8-21/h2-4,7-8,12-14,16,19,23,26H,5-6,9-11,15,17-18,20H2,1H3,(H,31,32)/t23-,26+/m1/s1. The third-order valence-corrected chi connectivity index (χ3v) is 7.00. The number of aromatic nitrogens is 1. The van der Waals surface area contributed by atoms with Crippen LogP contribution in [0.5, 0.6) is 5.75 Å². The van der Waals surface area contributed by atoms with Gasteiger partial charge in [0.15, 0.2) is 0 Å². The fraction of sp³-hybridized carbons (Fsp3) is 0.429. The van der Waals surface area contributed by atoms with Crippen LogP contribution in [0.3, 0.4) is 0 Å². The summed E-state index contributed by atoms with van der Waals surface area (Å²) in [4.78, 5) is 18.8. The molecule has 33 heavy (non-hydrogen) atoms. The fourth-order valence-corrected chi connectivity index (χ4v) is 5.13. The average Bonchev–Trinajstić information content (AvgIpc) is 2.85. The minimum absolute atomic E-state index is 0.246. The van der Waals surface area contributed by atoms with Gasteiger partial charge in [-0.25, -0.2) is 0 Å². The van der Waals surface area contributed by atoms with Crippen LogP contribution >= 0.6 is 0 Å². The molecule has 1 aromatic heterocycles. The van der Waals surface area contributed by atoms with Crippen LogP contribution in [0.15, 0.2) is 60.8 Å². The molecule has 0 amide bonds. The van der Waals surface area contributed by atoms with Crippen molar-refractivity contribution in [3.8, 4) is 5.75 Å². The predicted molar refractivity (Wildman–Crippen MR) is 132 cm³/mol. The molecule has 1 N–H and O–H groups in total. The van der Waals surface area contributed by atoms with Gasteiger partial charge in [0.1, 0.15) is 5.75 Å². The Morgan fingerprint density at radius 1 is 1.12 bits per heavy atom. The van der Waals surface area contributed by atoms with Gasteiger partial charge >= 0.3 is 5.97 Å². The van der Waals surface area contributed by atoms with E-state index in [1.54, 1.807) is 7.11 Å². The number of rotatable bonds is 10. The van der Waals surface area contributed by atoms with E-state index >= 15 is 0 Å². The Bertz CT molecular complexity index is 1050. The molecule has 2 aromatic carbocycles. The summed E-state index contributed by atoms with van der Waals surface area (Å²) in [6.07, 6.45) is 7.80. The topological polar surface area (TPSA) is 62.7 Å². The molecule has 0 bridgehead atoms. The van der Waals surface area contributed by atoms with Crippen LogP contribution in [0.25, 0.3) is 10.9 Å². The smallest absolute Gasteiger partial charge is 0.308 e. The van der Waals surface area contributed by atoms with Crippen LogP contribution in [0.1, 0.15) is 36.8 Å². The second kappa shape index (κ2) is 11.3. The van der Waals surface area contributed by atoms with E-state index in [4.69, 9.17) is 4.74 Å². The number of aryl methyl sites for hydroxylation is 2. The van der Waals surface area contributed by atoms with Gasteiger partial charge in [0.2, 0.25) is 0 Å². The minimum Gasteiger partial charge on any atom is -0.497 e. The van der Waals surface area contributed by atoms with Crippen molar-refractivity contribution in [1.82, 2.24) is 9.88 Å². The Morgan fingerprint density at radius 3 is 2.76 bits per heavy atom. The number of piperidine rings is 1. The number of likely N-dealkylation sites (tertiary alicyclic amines) is 1. The lowest BCUT2D eigenvalue weighted by molar-refractivity contribution is -0.146. The third-order valence-electron chi connectivity index (χ3n) is 7.00. The number of carboxylic acids is 1. The van der Waals surface area contributed by atoms with E-state index < -0.39 is 5.97 Å². The summed E-state index contributed by atoms with van der Waals surface area (Å²) in [6, 6.07) is 18.6. The number of fused-ring (bicyclic) bond motifs is 1. The van der Waals surface area contributed by atoms with Gasteiger partial charge in [-0.2, -0.15) is 0 Å². The normalized spacial score (nSPS) is 18.9. The van der Waals surface area contributed by atoms with Gasteiger partial charge in [0.05, 0.1) is 18.5 Å². The summed E-state index contributed by atoms with van der Waals surface area (Å²) in [5, 5.41) is 11.0. The zero-order valence-corrected chi connectivity index (χ0v) is 19.5. The number of ether oxygens (including phenoxy) is 1. The van der Waals surface area contributed by atoms with Crippen molar-refractivity contribution in [1.29, 1.82) is 0 Å². The van der Waals surface area contributed by atoms with Crippen molar-refractivity contribution in [2.75, 3.05) is 26.7 Å². The number of hydrogen-bond donors (Lipinski definition) is 1. The maximum atomic E-state index is 12.0. The van der Waals surface area contributed by atoms with E-state index in [1.165, 1.54) is 11.1 Å². The molecule has 1 saturated heterocycles.